The third-order valence-electron chi connectivity index (χ3n) is 1.21. The fraction of sp³-hybridized carbons (Fsp3) is 0.375. The number of carbonyl (C=O) groups is 1. The molecule has 13 heavy (non-hydrogen) atoms. The zero-order chi connectivity index (χ0) is 10.5. The Balaban J connectivity index is 4.25. The van der Waals surface area contributed by atoms with Crippen LogP contribution in [0, 0.1) is 0 Å². The molecule has 0 aromatic rings. The predicted molar refractivity (Wildman–Crippen MR) is 43.0 cm³/mol. The largest absolute Gasteiger partial charge is 0.471 e. The van der Waals surface area contributed by atoms with Crippen LogP contribution in [0.25, 0.3) is 0 Å². The summed E-state index contributed by atoms with van der Waals surface area (Å²) in [5.41, 5.74) is 0. The minimum absolute atomic E-state index is 0.779. The van der Waals surface area contributed by atoms with Crippen molar-refractivity contribution in [1.29, 1.82) is 0 Å². The van der Waals surface area contributed by atoms with Gasteiger partial charge < -0.3 is 5.32 Å². The summed E-state index contributed by atoms with van der Waals surface area (Å²) in [7, 11) is 0. The molecule has 0 heterocycles. The smallest absolute Gasteiger partial charge is 0.339 e. The van der Waals surface area contributed by atoms with E-state index < -0.39 is 18.1 Å². The third-order valence-corrected chi connectivity index (χ3v) is 1.21. The average Bonchev–Trinajstić information content (AvgIpc) is 2.01. The first-order chi connectivity index (χ1) is 5.91. The van der Waals surface area contributed by atoms with Gasteiger partial charge in [-0.15, -0.1) is 6.58 Å². The monoisotopic (exact) mass is 193 g/mol. The quantitative estimate of drug-likeness (QED) is 0.680. The maximum absolute atomic E-state index is 11.7. The third kappa shape index (κ3) is 4.35. The first kappa shape index (κ1) is 11.7. The number of hydrogen-bond acceptors (Lipinski definition) is 1. The summed E-state index contributed by atoms with van der Waals surface area (Å²) in [6.45, 7) is 4.92. The Bertz CT molecular complexity index is 220. The van der Waals surface area contributed by atoms with Crippen LogP contribution in [0.3, 0.4) is 0 Å². The van der Waals surface area contributed by atoms with Crippen LogP contribution in [0.4, 0.5) is 13.2 Å². The number of carbonyl (C=O) groups excluding carboxylic acids is 1. The van der Waals surface area contributed by atoms with Crippen LogP contribution in [0.15, 0.2) is 24.8 Å². The van der Waals surface area contributed by atoms with E-state index in [9.17, 15) is 18.0 Å². The topological polar surface area (TPSA) is 29.1 Å². The molecule has 0 aliphatic carbocycles. The summed E-state index contributed by atoms with van der Waals surface area (Å²) >= 11 is 0. The fourth-order valence-corrected chi connectivity index (χ4v) is 0.626. The SMILES string of the molecule is C=CC(/C=C/C)NC(=O)C(F)(F)F. The average molecular weight is 193 g/mol. The van der Waals surface area contributed by atoms with Gasteiger partial charge in [0.15, 0.2) is 0 Å². The number of hydrogen-bond donors (Lipinski definition) is 1. The summed E-state index contributed by atoms with van der Waals surface area (Å²) in [6, 6.07) is -0.779. The highest BCUT2D eigenvalue weighted by atomic mass is 19.4. The van der Waals surface area contributed by atoms with Crippen molar-refractivity contribution in [3.63, 3.8) is 0 Å². The number of rotatable bonds is 3. The molecule has 2 nitrogen and oxygen atoms in total. The van der Waals surface area contributed by atoms with Crippen LogP contribution >= 0.6 is 0 Å². The zero-order valence-electron chi connectivity index (χ0n) is 7.06. The van der Waals surface area contributed by atoms with Crippen molar-refractivity contribution in [3.05, 3.63) is 24.8 Å². The van der Waals surface area contributed by atoms with E-state index in [0.29, 0.717) is 0 Å². The molecule has 0 aromatic heterocycles. The lowest BCUT2D eigenvalue weighted by molar-refractivity contribution is -0.173. The van der Waals surface area contributed by atoms with Crippen molar-refractivity contribution in [2.24, 2.45) is 0 Å². The molecule has 0 aliphatic heterocycles. The number of nitrogens with one attached hydrogen (secondary N) is 1. The summed E-state index contributed by atoms with van der Waals surface area (Å²) in [6.07, 6.45) is -0.702. The van der Waals surface area contributed by atoms with E-state index >= 15 is 0 Å². The lowest BCUT2D eigenvalue weighted by Crippen LogP contribution is -2.41. The van der Waals surface area contributed by atoms with Crippen LogP contribution in [-0.4, -0.2) is 18.1 Å². The number of halogens is 3. The molecule has 0 aliphatic rings. The summed E-state index contributed by atoms with van der Waals surface area (Å²) in [4.78, 5) is 10.4. The van der Waals surface area contributed by atoms with Gasteiger partial charge in [0.25, 0.3) is 0 Å². The highest BCUT2D eigenvalue weighted by Gasteiger charge is 2.38. The molecule has 0 aromatic carbocycles. The van der Waals surface area contributed by atoms with Gasteiger partial charge in [0.2, 0.25) is 0 Å². The molecule has 5 heteroatoms. The van der Waals surface area contributed by atoms with Crippen molar-refractivity contribution in [1.82, 2.24) is 5.32 Å². The highest BCUT2D eigenvalue weighted by Crippen LogP contribution is 2.14. The maximum atomic E-state index is 11.7. The van der Waals surface area contributed by atoms with Crippen LogP contribution < -0.4 is 5.32 Å². The molecule has 1 amide bonds. The molecule has 74 valence electrons. The van der Waals surface area contributed by atoms with E-state index in [4.69, 9.17) is 0 Å². The molecule has 0 saturated carbocycles. The molecule has 0 bridgehead atoms. The van der Waals surface area contributed by atoms with Gasteiger partial charge in [-0.2, -0.15) is 13.2 Å². The van der Waals surface area contributed by atoms with Gasteiger partial charge in [-0.1, -0.05) is 18.2 Å². The molecule has 0 radical (unpaired) electrons. The van der Waals surface area contributed by atoms with Gasteiger partial charge in [-0.3, -0.25) is 4.79 Å². The highest BCUT2D eigenvalue weighted by molar-refractivity contribution is 5.82. The molecule has 0 spiro atoms. The van der Waals surface area contributed by atoms with Crippen molar-refractivity contribution < 1.29 is 18.0 Å². The Morgan fingerprint density at radius 2 is 2.08 bits per heavy atom. The molecule has 0 fully saturated rings. The van der Waals surface area contributed by atoms with E-state index in [1.54, 1.807) is 12.2 Å². The van der Waals surface area contributed by atoms with Crippen molar-refractivity contribution in [2.45, 2.75) is 19.1 Å². The van der Waals surface area contributed by atoms with E-state index in [-0.39, 0.29) is 0 Å². The molecule has 0 saturated heterocycles. The Morgan fingerprint density at radius 3 is 2.38 bits per heavy atom. The molecular weight excluding hydrogens is 183 g/mol. The standard InChI is InChI=1S/C8H10F3NO/c1-3-5-6(4-2)12-7(13)8(9,10)11/h3-6H,2H2,1H3,(H,12,13)/b5-3+. The van der Waals surface area contributed by atoms with Crippen molar-refractivity contribution >= 4 is 5.91 Å². The lowest BCUT2D eigenvalue weighted by atomic mass is 10.2. The molecule has 1 N–H and O–H groups in total. The summed E-state index contributed by atoms with van der Waals surface area (Å²) in [5.74, 6) is -1.96. The normalized spacial score (nSPS) is 14.2. The van der Waals surface area contributed by atoms with E-state index in [1.165, 1.54) is 18.2 Å². The minimum atomic E-state index is -4.84. The fourth-order valence-electron chi connectivity index (χ4n) is 0.626. The Morgan fingerprint density at radius 1 is 1.54 bits per heavy atom. The summed E-state index contributed by atoms with van der Waals surface area (Å²) in [5, 5.41) is 1.74. The van der Waals surface area contributed by atoms with Gasteiger partial charge in [0.1, 0.15) is 0 Å². The van der Waals surface area contributed by atoms with Gasteiger partial charge in [0, 0.05) is 0 Å². The van der Waals surface area contributed by atoms with Crippen LogP contribution in [0.1, 0.15) is 6.92 Å². The molecule has 1 unspecified atom stereocenters. The maximum Gasteiger partial charge on any atom is 0.471 e. The van der Waals surface area contributed by atoms with Crippen LogP contribution in [0.2, 0.25) is 0 Å². The second-order valence-electron chi connectivity index (χ2n) is 2.26. The Hall–Kier alpha value is -1.26. The Labute approximate surface area is 74.1 Å². The Kier molecular flexibility index (Phi) is 4.23. The van der Waals surface area contributed by atoms with Gasteiger partial charge >= 0.3 is 12.1 Å². The minimum Gasteiger partial charge on any atom is -0.339 e. The van der Waals surface area contributed by atoms with Crippen molar-refractivity contribution in [3.8, 4) is 0 Å². The zero-order valence-corrected chi connectivity index (χ0v) is 7.06. The van der Waals surface area contributed by atoms with E-state index in [0.717, 1.165) is 0 Å². The summed E-state index contributed by atoms with van der Waals surface area (Å²) < 4.78 is 35.1. The lowest BCUT2D eigenvalue weighted by Gasteiger charge is -2.11. The van der Waals surface area contributed by atoms with Gasteiger partial charge in [0.05, 0.1) is 6.04 Å². The van der Waals surface area contributed by atoms with E-state index in [2.05, 4.69) is 6.58 Å². The van der Waals surface area contributed by atoms with Crippen molar-refractivity contribution in [2.75, 3.05) is 0 Å². The number of alkyl halides is 3. The van der Waals surface area contributed by atoms with Crippen LogP contribution in [-0.2, 0) is 4.79 Å². The van der Waals surface area contributed by atoms with Gasteiger partial charge in [-0.25, -0.2) is 0 Å². The van der Waals surface area contributed by atoms with Gasteiger partial charge in [-0.05, 0) is 6.92 Å². The molecular formula is C8H10F3NO. The van der Waals surface area contributed by atoms with Crippen LogP contribution in [0.5, 0.6) is 0 Å². The van der Waals surface area contributed by atoms with E-state index in [1.807, 2.05) is 0 Å². The second kappa shape index (κ2) is 4.69. The molecule has 1 atom stereocenters. The molecule has 0 rings (SSSR count). The first-order valence-corrected chi connectivity index (χ1v) is 3.55. The predicted octanol–water partition coefficient (Wildman–Crippen LogP) is 1.80. The number of amides is 1. The first-order valence-electron chi connectivity index (χ1n) is 3.55. The number of allylic oxidation sites excluding steroid dienone is 1. The second-order valence-corrected chi connectivity index (χ2v) is 2.26.